The van der Waals surface area contributed by atoms with E-state index in [0.29, 0.717) is 12.1 Å². The number of hydrogen-bond donors (Lipinski definition) is 3. The van der Waals surface area contributed by atoms with E-state index in [1.807, 2.05) is 6.92 Å². The molecule has 0 atom stereocenters. The van der Waals surface area contributed by atoms with Crippen molar-refractivity contribution in [1.29, 1.82) is 0 Å². The molecule has 0 spiro atoms. The SMILES string of the molecule is Cc1cc(NS(=O)(=O)NC(C)C)ccc1C#CCCO. The highest BCUT2D eigenvalue weighted by Crippen LogP contribution is 2.15. The second kappa shape index (κ2) is 7.29. The van der Waals surface area contributed by atoms with Gasteiger partial charge in [0, 0.05) is 18.0 Å². The van der Waals surface area contributed by atoms with Gasteiger partial charge >= 0.3 is 0 Å². The fourth-order valence-electron chi connectivity index (χ4n) is 1.58. The first-order valence-electron chi connectivity index (χ1n) is 6.34. The van der Waals surface area contributed by atoms with Crippen molar-refractivity contribution >= 4 is 15.9 Å². The summed E-state index contributed by atoms with van der Waals surface area (Å²) in [6.45, 7) is 5.40. The second-order valence-electron chi connectivity index (χ2n) is 4.68. The number of aryl methyl sites for hydroxylation is 1. The van der Waals surface area contributed by atoms with Crippen LogP contribution in [0.15, 0.2) is 18.2 Å². The quantitative estimate of drug-likeness (QED) is 0.718. The van der Waals surface area contributed by atoms with Gasteiger partial charge in [0.05, 0.1) is 12.3 Å². The van der Waals surface area contributed by atoms with Gasteiger partial charge in [-0.25, -0.2) is 0 Å². The van der Waals surface area contributed by atoms with E-state index in [1.54, 1.807) is 32.0 Å². The Hall–Kier alpha value is -1.55. The molecule has 0 aliphatic carbocycles. The number of rotatable bonds is 5. The molecule has 0 saturated carbocycles. The molecule has 0 unspecified atom stereocenters. The predicted octanol–water partition coefficient (Wildman–Crippen LogP) is 1.38. The van der Waals surface area contributed by atoms with E-state index in [9.17, 15) is 8.42 Å². The van der Waals surface area contributed by atoms with E-state index in [2.05, 4.69) is 21.3 Å². The zero-order chi connectivity index (χ0) is 15.2. The first-order chi connectivity index (χ1) is 9.34. The molecule has 5 nitrogen and oxygen atoms in total. The molecular weight excluding hydrogens is 276 g/mol. The molecule has 0 amide bonds. The third-order valence-corrected chi connectivity index (χ3v) is 3.62. The van der Waals surface area contributed by atoms with Crippen LogP contribution in [-0.4, -0.2) is 26.2 Å². The van der Waals surface area contributed by atoms with Crippen LogP contribution in [0.1, 0.15) is 31.4 Å². The predicted molar refractivity (Wildman–Crippen MR) is 80.6 cm³/mol. The smallest absolute Gasteiger partial charge is 0.299 e. The maximum Gasteiger partial charge on any atom is 0.299 e. The van der Waals surface area contributed by atoms with Crippen LogP contribution in [0.4, 0.5) is 5.69 Å². The Morgan fingerprint density at radius 1 is 1.35 bits per heavy atom. The molecule has 0 aliphatic heterocycles. The van der Waals surface area contributed by atoms with E-state index >= 15 is 0 Å². The highest BCUT2D eigenvalue weighted by molar-refractivity contribution is 7.90. The van der Waals surface area contributed by atoms with E-state index < -0.39 is 10.2 Å². The highest BCUT2D eigenvalue weighted by atomic mass is 32.2. The van der Waals surface area contributed by atoms with Crippen LogP contribution in [-0.2, 0) is 10.2 Å². The maximum absolute atomic E-state index is 11.7. The Labute approximate surface area is 120 Å². The molecule has 0 saturated heterocycles. The van der Waals surface area contributed by atoms with Crippen LogP contribution < -0.4 is 9.44 Å². The van der Waals surface area contributed by atoms with Gasteiger partial charge in [-0.05, 0) is 44.5 Å². The fraction of sp³-hybridized carbons (Fsp3) is 0.429. The Morgan fingerprint density at radius 2 is 2.05 bits per heavy atom. The Kier molecular flexibility index (Phi) is 6.02. The lowest BCUT2D eigenvalue weighted by Gasteiger charge is -2.12. The number of nitrogens with one attached hydrogen (secondary N) is 2. The average molecular weight is 296 g/mol. The molecule has 3 N–H and O–H groups in total. The van der Waals surface area contributed by atoms with Crippen molar-refractivity contribution in [2.45, 2.75) is 33.2 Å². The summed E-state index contributed by atoms with van der Waals surface area (Å²) in [6.07, 6.45) is 0.423. The van der Waals surface area contributed by atoms with Crippen LogP contribution in [0, 0.1) is 18.8 Å². The lowest BCUT2D eigenvalue weighted by Crippen LogP contribution is -2.35. The Balaban J connectivity index is 2.86. The Bertz CT molecular complexity index is 613. The topological polar surface area (TPSA) is 78.4 Å². The maximum atomic E-state index is 11.7. The van der Waals surface area contributed by atoms with Crippen LogP contribution in [0.25, 0.3) is 0 Å². The lowest BCUT2D eigenvalue weighted by molar-refractivity contribution is 0.305. The molecule has 1 rings (SSSR count). The third-order valence-electron chi connectivity index (χ3n) is 2.33. The largest absolute Gasteiger partial charge is 0.395 e. The summed E-state index contributed by atoms with van der Waals surface area (Å²) in [5.41, 5.74) is 2.18. The molecule has 1 aromatic carbocycles. The van der Waals surface area contributed by atoms with Gasteiger partial charge in [0.2, 0.25) is 0 Å². The van der Waals surface area contributed by atoms with Gasteiger partial charge in [0.15, 0.2) is 0 Å². The number of benzene rings is 1. The fourth-order valence-corrected chi connectivity index (χ4v) is 2.69. The van der Waals surface area contributed by atoms with E-state index in [4.69, 9.17) is 5.11 Å². The van der Waals surface area contributed by atoms with Gasteiger partial charge in [-0.3, -0.25) is 4.72 Å². The van der Waals surface area contributed by atoms with Gasteiger partial charge in [0.25, 0.3) is 10.2 Å². The molecule has 6 heteroatoms. The molecular formula is C14H20N2O3S. The van der Waals surface area contributed by atoms with E-state index in [-0.39, 0.29) is 12.6 Å². The minimum atomic E-state index is -3.55. The summed E-state index contributed by atoms with van der Waals surface area (Å²) in [6, 6.07) is 4.97. The normalized spacial score (nSPS) is 11.1. The molecule has 110 valence electrons. The molecule has 0 fully saturated rings. The van der Waals surface area contributed by atoms with Crippen molar-refractivity contribution in [1.82, 2.24) is 4.72 Å². The van der Waals surface area contributed by atoms with Gasteiger partial charge in [-0.15, -0.1) is 0 Å². The Morgan fingerprint density at radius 3 is 2.60 bits per heavy atom. The summed E-state index contributed by atoms with van der Waals surface area (Å²) in [4.78, 5) is 0. The van der Waals surface area contributed by atoms with Crippen molar-refractivity contribution in [3.05, 3.63) is 29.3 Å². The standard InChI is InChI=1S/C14H20N2O3S/c1-11(2)15-20(18,19)16-14-8-7-13(12(3)10-14)6-4-5-9-17/h7-8,10-11,15-17H,5,9H2,1-3H3. The van der Waals surface area contributed by atoms with Gasteiger partial charge < -0.3 is 5.11 Å². The minimum Gasteiger partial charge on any atom is -0.395 e. The van der Waals surface area contributed by atoms with Gasteiger partial charge in [0.1, 0.15) is 0 Å². The first-order valence-corrected chi connectivity index (χ1v) is 7.83. The van der Waals surface area contributed by atoms with Crippen LogP contribution in [0.5, 0.6) is 0 Å². The number of hydrogen-bond acceptors (Lipinski definition) is 3. The van der Waals surface area contributed by atoms with Crippen molar-refractivity contribution in [2.24, 2.45) is 0 Å². The summed E-state index contributed by atoms with van der Waals surface area (Å²) in [5, 5.41) is 8.67. The number of aliphatic hydroxyl groups is 1. The van der Waals surface area contributed by atoms with Crippen molar-refractivity contribution < 1.29 is 13.5 Å². The van der Waals surface area contributed by atoms with Gasteiger partial charge in [-0.2, -0.15) is 13.1 Å². The monoisotopic (exact) mass is 296 g/mol. The molecule has 0 aromatic heterocycles. The lowest BCUT2D eigenvalue weighted by atomic mass is 10.1. The van der Waals surface area contributed by atoms with Gasteiger partial charge in [-0.1, -0.05) is 11.8 Å². The van der Waals surface area contributed by atoms with Crippen molar-refractivity contribution in [2.75, 3.05) is 11.3 Å². The third kappa shape index (κ3) is 5.61. The summed E-state index contributed by atoms with van der Waals surface area (Å²) < 4.78 is 28.4. The molecule has 0 aliphatic rings. The molecule has 1 aromatic rings. The zero-order valence-electron chi connectivity index (χ0n) is 11.9. The zero-order valence-corrected chi connectivity index (χ0v) is 12.7. The first kappa shape index (κ1) is 16.5. The molecule has 0 heterocycles. The molecule has 0 radical (unpaired) electrons. The summed E-state index contributed by atoms with van der Waals surface area (Å²) in [7, 11) is -3.55. The highest BCUT2D eigenvalue weighted by Gasteiger charge is 2.11. The van der Waals surface area contributed by atoms with Crippen molar-refractivity contribution in [3.63, 3.8) is 0 Å². The number of anilines is 1. The minimum absolute atomic E-state index is 0.0325. The van der Waals surface area contributed by atoms with E-state index in [0.717, 1.165) is 11.1 Å². The average Bonchev–Trinajstić information content (AvgIpc) is 2.29. The second-order valence-corrected chi connectivity index (χ2v) is 6.13. The summed E-state index contributed by atoms with van der Waals surface area (Å²) in [5.74, 6) is 5.77. The van der Waals surface area contributed by atoms with Crippen LogP contribution in [0.2, 0.25) is 0 Å². The molecule has 20 heavy (non-hydrogen) atoms. The van der Waals surface area contributed by atoms with Crippen molar-refractivity contribution in [3.8, 4) is 11.8 Å². The summed E-state index contributed by atoms with van der Waals surface area (Å²) >= 11 is 0. The van der Waals surface area contributed by atoms with E-state index in [1.165, 1.54) is 0 Å². The molecule has 0 bridgehead atoms. The van der Waals surface area contributed by atoms with Crippen LogP contribution >= 0.6 is 0 Å². The van der Waals surface area contributed by atoms with Crippen LogP contribution in [0.3, 0.4) is 0 Å². The number of aliphatic hydroxyl groups excluding tert-OH is 1.